The van der Waals surface area contributed by atoms with Gasteiger partial charge in [-0.2, -0.15) is 0 Å². The second-order valence-electron chi connectivity index (χ2n) is 7.55. The van der Waals surface area contributed by atoms with Crippen molar-refractivity contribution in [2.45, 2.75) is 52.4 Å². The predicted octanol–water partition coefficient (Wildman–Crippen LogP) is 3.26. The highest BCUT2D eigenvalue weighted by atomic mass is 32.2. The Morgan fingerprint density at radius 3 is 1.93 bits per heavy atom. The zero-order valence-electron chi connectivity index (χ0n) is 18.7. The van der Waals surface area contributed by atoms with Crippen LogP contribution in [0.5, 0.6) is 5.75 Å². The molecule has 2 aromatic carbocycles. The fraction of sp³-hybridized carbons (Fsp3) is 0.435. The van der Waals surface area contributed by atoms with Crippen molar-refractivity contribution < 1.29 is 17.9 Å². The van der Waals surface area contributed by atoms with Gasteiger partial charge < -0.3 is 10.1 Å². The molecule has 7 heteroatoms. The van der Waals surface area contributed by atoms with Crippen LogP contribution in [-0.4, -0.2) is 34.5 Å². The van der Waals surface area contributed by atoms with Crippen LogP contribution < -0.4 is 14.8 Å². The molecule has 0 saturated heterocycles. The molecule has 1 amide bonds. The lowest BCUT2D eigenvalue weighted by Crippen LogP contribution is -2.32. The minimum atomic E-state index is -3.69. The number of carbonyl (C=O) groups is 1. The van der Waals surface area contributed by atoms with E-state index in [4.69, 9.17) is 4.74 Å². The van der Waals surface area contributed by atoms with E-state index in [1.54, 1.807) is 7.11 Å². The lowest BCUT2D eigenvalue weighted by molar-refractivity contribution is -0.120. The number of amides is 1. The third-order valence-corrected chi connectivity index (χ3v) is 7.47. The summed E-state index contributed by atoms with van der Waals surface area (Å²) in [4.78, 5) is 12.4. The Hall–Kier alpha value is -2.38. The van der Waals surface area contributed by atoms with Crippen molar-refractivity contribution in [1.29, 1.82) is 0 Å². The molecule has 0 heterocycles. The minimum Gasteiger partial charge on any atom is -0.497 e. The van der Waals surface area contributed by atoms with Crippen molar-refractivity contribution in [3.05, 3.63) is 57.6 Å². The first kappa shape index (κ1) is 23.9. The van der Waals surface area contributed by atoms with Crippen LogP contribution in [0.2, 0.25) is 0 Å². The lowest BCUT2D eigenvalue weighted by Gasteiger charge is -2.19. The van der Waals surface area contributed by atoms with E-state index in [-0.39, 0.29) is 18.9 Å². The molecule has 2 aromatic rings. The summed E-state index contributed by atoms with van der Waals surface area (Å²) in [6, 6.07) is 7.67. The minimum absolute atomic E-state index is 0.0571. The van der Waals surface area contributed by atoms with E-state index in [2.05, 4.69) is 10.0 Å². The Balaban J connectivity index is 1.89. The number of benzene rings is 2. The molecular formula is C23H32N2O4S. The van der Waals surface area contributed by atoms with Crippen LogP contribution in [0.15, 0.2) is 29.2 Å². The van der Waals surface area contributed by atoms with Gasteiger partial charge in [-0.15, -0.1) is 0 Å². The zero-order valence-corrected chi connectivity index (χ0v) is 19.5. The van der Waals surface area contributed by atoms with Gasteiger partial charge in [0, 0.05) is 19.5 Å². The summed E-state index contributed by atoms with van der Waals surface area (Å²) in [6.07, 6.45) is 0.783. The van der Waals surface area contributed by atoms with Gasteiger partial charge >= 0.3 is 0 Å². The van der Waals surface area contributed by atoms with Crippen LogP contribution in [0.4, 0.5) is 0 Å². The topological polar surface area (TPSA) is 84.5 Å². The molecule has 0 aliphatic carbocycles. The van der Waals surface area contributed by atoms with Gasteiger partial charge in [0.05, 0.1) is 12.0 Å². The summed E-state index contributed by atoms with van der Waals surface area (Å²) in [6.45, 7) is 10.1. The number of sulfonamides is 1. The fourth-order valence-corrected chi connectivity index (χ4v) is 5.09. The summed E-state index contributed by atoms with van der Waals surface area (Å²) in [5.74, 6) is 0.607. The maximum atomic E-state index is 12.9. The first-order valence-electron chi connectivity index (χ1n) is 10.0. The summed E-state index contributed by atoms with van der Waals surface area (Å²) < 4.78 is 33.4. The van der Waals surface area contributed by atoms with E-state index in [1.165, 1.54) is 0 Å². The molecular weight excluding hydrogens is 400 g/mol. The van der Waals surface area contributed by atoms with E-state index < -0.39 is 10.0 Å². The smallest absolute Gasteiger partial charge is 0.241 e. The predicted molar refractivity (Wildman–Crippen MR) is 120 cm³/mol. The molecule has 0 aromatic heterocycles. The van der Waals surface area contributed by atoms with Gasteiger partial charge in [0.15, 0.2) is 0 Å². The van der Waals surface area contributed by atoms with Gasteiger partial charge in [0.1, 0.15) is 5.75 Å². The second kappa shape index (κ2) is 10.1. The molecule has 0 atom stereocenters. The van der Waals surface area contributed by atoms with E-state index in [0.717, 1.165) is 39.1 Å². The van der Waals surface area contributed by atoms with Crippen LogP contribution in [-0.2, 0) is 21.2 Å². The average Bonchev–Trinajstić information content (AvgIpc) is 2.71. The fourth-order valence-electron chi connectivity index (χ4n) is 3.47. The molecule has 30 heavy (non-hydrogen) atoms. The molecule has 0 unspecified atom stereocenters. The maximum Gasteiger partial charge on any atom is 0.241 e. The number of nitrogens with one attached hydrogen (secondary N) is 2. The van der Waals surface area contributed by atoms with E-state index in [0.29, 0.717) is 17.9 Å². The molecule has 0 aliphatic heterocycles. The Morgan fingerprint density at radius 1 is 0.867 bits per heavy atom. The summed E-state index contributed by atoms with van der Waals surface area (Å²) in [5, 5.41) is 2.83. The monoisotopic (exact) mass is 432 g/mol. The normalized spacial score (nSPS) is 11.4. The molecule has 164 valence electrons. The molecule has 0 radical (unpaired) electrons. The highest BCUT2D eigenvalue weighted by molar-refractivity contribution is 7.89. The molecule has 2 N–H and O–H groups in total. The molecule has 0 spiro atoms. The van der Waals surface area contributed by atoms with Crippen molar-refractivity contribution in [3.63, 3.8) is 0 Å². The van der Waals surface area contributed by atoms with Gasteiger partial charge in [-0.05, 0) is 86.6 Å². The number of rotatable bonds is 9. The van der Waals surface area contributed by atoms with Crippen LogP contribution in [0.3, 0.4) is 0 Å². The third kappa shape index (κ3) is 5.61. The van der Waals surface area contributed by atoms with Crippen molar-refractivity contribution in [2.24, 2.45) is 0 Å². The first-order chi connectivity index (χ1) is 14.1. The van der Waals surface area contributed by atoms with E-state index in [9.17, 15) is 13.2 Å². The third-order valence-electron chi connectivity index (χ3n) is 5.74. The lowest BCUT2D eigenvalue weighted by atomic mass is 9.95. The summed E-state index contributed by atoms with van der Waals surface area (Å²) in [7, 11) is -2.07. The Morgan fingerprint density at radius 2 is 1.40 bits per heavy atom. The Labute approximate surface area is 180 Å². The SMILES string of the molecule is COc1ccc(CCNC(=O)CCNS(=O)(=O)c2c(C)c(C)c(C)c(C)c2C)cc1. The van der Waals surface area contributed by atoms with Crippen LogP contribution in [0.1, 0.15) is 39.8 Å². The van der Waals surface area contributed by atoms with Crippen LogP contribution in [0.25, 0.3) is 0 Å². The highest BCUT2D eigenvalue weighted by Gasteiger charge is 2.23. The molecule has 2 rings (SSSR count). The molecule has 0 bridgehead atoms. The van der Waals surface area contributed by atoms with Crippen molar-refractivity contribution >= 4 is 15.9 Å². The molecule has 6 nitrogen and oxygen atoms in total. The van der Waals surface area contributed by atoms with E-state index in [1.807, 2.05) is 58.9 Å². The van der Waals surface area contributed by atoms with Gasteiger partial charge in [-0.3, -0.25) is 4.79 Å². The highest BCUT2D eigenvalue weighted by Crippen LogP contribution is 2.29. The number of hydrogen-bond donors (Lipinski definition) is 2. The van der Waals surface area contributed by atoms with Crippen LogP contribution >= 0.6 is 0 Å². The van der Waals surface area contributed by atoms with Crippen molar-refractivity contribution in [3.8, 4) is 5.75 Å². The van der Waals surface area contributed by atoms with Gasteiger partial charge in [-0.25, -0.2) is 13.1 Å². The summed E-state index contributed by atoms with van der Waals surface area (Å²) in [5.41, 5.74) is 5.68. The Kier molecular flexibility index (Phi) is 8.03. The van der Waals surface area contributed by atoms with Crippen LogP contribution in [0, 0.1) is 34.6 Å². The number of ether oxygens (including phenoxy) is 1. The average molecular weight is 433 g/mol. The van der Waals surface area contributed by atoms with Crippen molar-refractivity contribution in [1.82, 2.24) is 10.0 Å². The second-order valence-corrected chi connectivity index (χ2v) is 9.25. The van der Waals surface area contributed by atoms with Gasteiger partial charge in [-0.1, -0.05) is 12.1 Å². The summed E-state index contributed by atoms with van der Waals surface area (Å²) >= 11 is 0. The number of hydrogen-bond acceptors (Lipinski definition) is 4. The quantitative estimate of drug-likeness (QED) is 0.637. The maximum absolute atomic E-state index is 12.9. The number of methoxy groups -OCH3 is 1. The first-order valence-corrected chi connectivity index (χ1v) is 11.5. The van der Waals surface area contributed by atoms with Crippen molar-refractivity contribution in [2.75, 3.05) is 20.2 Å². The number of carbonyl (C=O) groups excluding carboxylic acids is 1. The van der Waals surface area contributed by atoms with Gasteiger partial charge in [0.25, 0.3) is 0 Å². The zero-order chi connectivity index (χ0) is 22.5. The standard InChI is InChI=1S/C23H32N2O4S/c1-15-16(2)18(4)23(19(5)17(15)3)30(27,28)25-14-12-22(26)24-13-11-20-7-9-21(29-6)10-8-20/h7-10,25H,11-14H2,1-6H3,(H,24,26). The molecule has 0 aliphatic rings. The molecule has 0 fully saturated rings. The molecule has 0 saturated carbocycles. The largest absolute Gasteiger partial charge is 0.497 e. The Bertz CT molecular complexity index is 983. The van der Waals surface area contributed by atoms with Gasteiger partial charge in [0.2, 0.25) is 15.9 Å². The van der Waals surface area contributed by atoms with E-state index >= 15 is 0 Å².